The van der Waals surface area contributed by atoms with Gasteiger partial charge >= 0.3 is 0 Å². The number of thiophene rings is 1. The van der Waals surface area contributed by atoms with Gasteiger partial charge in [-0.1, -0.05) is 22.9 Å². The van der Waals surface area contributed by atoms with Crippen molar-refractivity contribution >= 4 is 67.8 Å². The van der Waals surface area contributed by atoms with Crippen molar-refractivity contribution in [3.8, 4) is 0 Å². The van der Waals surface area contributed by atoms with Crippen LogP contribution in [0.4, 0.5) is 15.8 Å². The van der Waals surface area contributed by atoms with Crippen molar-refractivity contribution in [1.29, 1.82) is 0 Å². The van der Waals surface area contributed by atoms with E-state index in [-0.39, 0.29) is 30.2 Å². The zero-order valence-electron chi connectivity index (χ0n) is 20.1. The minimum absolute atomic E-state index is 0.0543. The van der Waals surface area contributed by atoms with Gasteiger partial charge in [0.25, 0.3) is 5.91 Å². The third-order valence-electron chi connectivity index (χ3n) is 6.67. The summed E-state index contributed by atoms with van der Waals surface area (Å²) < 4.78 is 0. The minimum Gasteiger partial charge on any atom is -0.322 e. The zero-order chi connectivity index (χ0) is 25.8. The molecule has 2 aromatic heterocycles. The maximum atomic E-state index is 13.3. The van der Waals surface area contributed by atoms with Crippen LogP contribution in [0, 0.1) is 5.92 Å². The number of nitrogens with one attached hydrogen (secondary N) is 3. The molecule has 9 nitrogen and oxygen atoms in total. The molecule has 194 valence electrons. The predicted molar refractivity (Wildman–Crippen MR) is 147 cm³/mol. The number of halogens is 1. The number of likely N-dealkylation sites (tertiary alicyclic amines) is 1. The van der Waals surface area contributed by atoms with Crippen molar-refractivity contribution in [2.75, 3.05) is 35.6 Å². The number of aryl methyl sites for hydroxylation is 1. The molecule has 0 bridgehead atoms. The molecule has 0 unspecified atom stereocenters. The molecule has 1 saturated heterocycles. The van der Waals surface area contributed by atoms with E-state index in [9.17, 15) is 14.4 Å². The van der Waals surface area contributed by atoms with E-state index >= 15 is 0 Å². The Morgan fingerprint density at radius 1 is 1.03 bits per heavy atom. The van der Waals surface area contributed by atoms with Crippen LogP contribution in [0.25, 0.3) is 0 Å². The van der Waals surface area contributed by atoms with Gasteiger partial charge in [0.1, 0.15) is 10.5 Å². The summed E-state index contributed by atoms with van der Waals surface area (Å²) in [6.45, 7) is 1.50. The number of aromatic nitrogens is 2. The largest absolute Gasteiger partial charge is 0.322 e. The van der Waals surface area contributed by atoms with Crippen LogP contribution in [-0.2, 0) is 22.4 Å². The monoisotopic (exact) mass is 558 g/mol. The highest BCUT2D eigenvalue weighted by Gasteiger charge is 2.29. The molecule has 12 heteroatoms. The molecule has 0 saturated carbocycles. The van der Waals surface area contributed by atoms with Crippen LogP contribution in [0.15, 0.2) is 29.8 Å². The van der Waals surface area contributed by atoms with Crippen LogP contribution < -0.4 is 16.0 Å². The number of amides is 3. The van der Waals surface area contributed by atoms with Crippen molar-refractivity contribution in [3.05, 3.63) is 50.8 Å². The van der Waals surface area contributed by atoms with E-state index < -0.39 is 0 Å². The van der Waals surface area contributed by atoms with Gasteiger partial charge in [-0.25, -0.2) is 0 Å². The molecule has 3 heterocycles. The predicted octanol–water partition coefficient (Wildman–Crippen LogP) is 4.67. The Balaban J connectivity index is 1.20. The van der Waals surface area contributed by atoms with Crippen molar-refractivity contribution in [3.63, 3.8) is 0 Å². The first-order valence-electron chi connectivity index (χ1n) is 12.3. The lowest BCUT2D eigenvalue weighted by atomic mass is 9.95. The fourth-order valence-corrected chi connectivity index (χ4v) is 6.66. The number of hydrogen-bond acceptors (Lipinski definition) is 8. The first kappa shape index (κ1) is 25.8. The summed E-state index contributed by atoms with van der Waals surface area (Å²) in [7, 11) is 0. The second kappa shape index (κ2) is 11.7. The van der Waals surface area contributed by atoms with Gasteiger partial charge in [0.15, 0.2) is 0 Å². The number of rotatable bonds is 7. The number of benzene rings is 1. The number of carbonyl (C=O) groups is 3. The number of piperidine rings is 1. The summed E-state index contributed by atoms with van der Waals surface area (Å²) in [5.74, 6) is -0.549. The average Bonchev–Trinajstić information content (AvgIpc) is 3.53. The number of nitrogens with zero attached hydrogens (tertiary/aromatic N) is 3. The highest BCUT2D eigenvalue weighted by Crippen LogP contribution is 2.38. The van der Waals surface area contributed by atoms with Crippen molar-refractivity contribution in [2.24, 2.45) is 5.92 Å². The standard InChI is InChI=1S/C25H27ClN6O3S2/c26-16-5-7-17(8-6-16)28-23(35)21-18-3-1-2-4-19(18)37-24(21)29-20(33)13-32-11-9-15(10-12-32)22(34)30-25-31-27-14-36-25/h5-8,14-15H,1-4,9-13H2,(H,28,35)(H,29,33)(H,30,31,34). The number of anilines is 3. The Kier molecular flexibility index (Phi) is 8.14. The number of hydrogen-bond donors (Lipinski definition) is 3. The quantitative estimate of drug-likeness (QED) is 0.388. The summed E-state index contributed by atoms with van der Waals surface area (Å²) >= 11 is 8.76. The highest BCUT2D eigenvalue weighted by atomic mass is 35.5. The van der Waals surface area contributed by atoms with E-state index in [2.05, 4.69) is 26.1 Å². The average molecular weight is 559 g/mol. The molecule has 2 aliphatic rings. The van der Waals surface area contributed by atoms with E-state index in [1.807, 2.05) is 4.90 Å². The third kappa shape index (κ3) is 6.35. The number of fused-ring (bicyclic) bond motifs is 1. The SMILES string of the molecule is O=C(CN1CCC(C(=O)Nc2nncs2)CC1)Nc1sc2c(c1C(=O)Nc1ccc(Cl)cc1)CCCC2. The highest BCUT2D eigenvalue weighted by molar-refractivity contribution is 7.17. The Labute approximate surface area is 227 Å². The first-order valence-corrected chi connectivity index (χ1v) is 14.3. The molecule has 1 fully saturated rings. The van der Waals surface area contributed by atoms with Crippen LogP contribution in [-0.4, -0.2) is 52.5 Å². The van der Waals surface area contributed by atoms with Gasteiger partial charge in [0.05, 0.1) is 12.1 Å². The second-order valence-corrected chi connectivity index (χ2v) is 11.6. The summed E-state index contributed by atoms with van der Waals surface area (Å²) in [4.78, 5) is 42.0. The van der Waals surface area contributed by atoms with Gasteiger partial charge in [-0.2, -0.15) is 0 Å². The summed E-state index contributed by atoms with van der Waals surface area (Å²) in [6.07, 6.45) is 5.20. The van der Waals surface area contributed by atoms with Gasteiger partial charge in [-0.3, -0.25) is 19.3 Å². The molecule has 0 radical (unpaired) electrons. The minimum atomic E-state index is -0.223. The molecule has 3 aromatic rings. The summed E-state index contributed by atoms with van der Waals surface area (Å²) in [6, 6.07) is 6.97. The van der Waals surface area contributed by atoms with E-state index in [0.29, 0.717) is 52.3 Å². The molecule has 0 atom stereocenters. The van der Waals surface area contributed by atoms with E-state index in [0.717, 1.165) is 31.2 Å². The maximum Gasteiger partial charge on any atom is 0.258 e. The molecule has 0 spiro atoms. The fraction of sp³-hybridized carbons (Fsp3) is 0.400. The molecular weight excluding hydrogens is 532 g/mol. The summed E-state index contributed by atoms with van der Waals surface area (Å²) in [5, 5.41) is 18.1. The molecule has 3 N–H and O–H groups in total. The van der Waals surface area contributed by atoms with Crippen LogP contribution in [0.1, 0.15) is 46.5 Å². The Hall–Kier alpha value is -2.86. The third-order valence-corrected chi connectivity index (χ3v) is 8.74. The Morgan fingerprint density at radius 3 is 2.51 bits per heavy atom. The Morgan fingerprint density at radius 2 is 1.78 bits per heavy atom. The lowest BCUT2D eigenvalue weighted by molar-refractivity contribution is -0.121. The van der Waals surface area contributed by atoms with Crippen LogP contribution in [0.2, 0.25) is 5.02 Å². The number of carbonyl (C=O) groups excluding carboxylic acids is 3. The molecule has 37 heavy (non-hydrogen) atoms. The van der Waals surface area contributed by atoms with E-state index in [1.165, 1.54) is 27.6 Å². The normalized spacial score (nSPS) is 16.1. The van der Waals surface area contributed by atoms with Crippen LogP contribution in [0.3, 0.4) is 0 Å². The lowest BCUT2D eigenvalue weighted by Crippen LogP contribution is -2.41. The Bertz CT molecular complexity index is 1270. The van der Waals surface area contributed by atoms with Gasteiger partial charge < -0.3 is 16.0 Å². The molecular formula is C25H27ClN6O3S2. The van der Waals surface area contributed by atoms with Gasteiger partial charge in [0, 0.05) is 21.5 Å². The van der Waals surface area contributed by atoms with Crippen molar-refractivity contribution < 1.29 is 14.4 Å². The van der Waals surface area contributed by atoms with E-state index in [1.54, 1.807) is 29.8 Å². The van der Waals surface area contributed by atoms with Gasteiger partial charge in [0.2, 0.25) is 16.9 Å². The topological polar surface area (TPSA) is 116 Å². The maximum absolute atomic E-state index is 13.3. The zero-order valence-corrected chi connectivity index (χ0v) is 22.5. The second-order valence-electron chi connectivity index (χ2n) is 9.21. The van der Waals surface area contributed by atoms with Crippen molar-refractivity contribution in [1.82, 2.24) is 15.1 Å². The van der Waals surface area contributed by atoms with Crippen LogP contribution in [0.5, 0.6) is 0 Å². The molecule has 3 amide bonds. The first-order chi connectivity index (χ1) is 18.0. The smallest absolute Gasteiger partial charge is 0.258 e. The fourth-order valence-electron chi connectivity index (χ4n) is 4.78. The van der Waals surface area contributed by atoms with Crippen molar-refractivity contribution in [2.45, 2.75) is 38.5 Å². The molecule has 1 aromatic carbocycles. The summed E-state index contributed by atoms with van der Waals surface area (Å²) in [5.41, 5.74) is 3.84. The molecule has 1 aliphatic heterocycles. The molecule has 5 rings (SSSR count). The lowest BCUT2D eigenvalue weighted by Gasteiger charge is -2.30. The van der Waals surface area contributed by atoms with E-state index in [4.69, 9.17) is 11.6 Å². The van der Waals surface area contributed by atoms with Crippen LogP contribution >= 0.6 is 34.3 Å². The van der Waals surface area contributed by atoms with Gasteiger partial charge in [-0.15, -0.1) is 21.5 Å². The molecule has 1 aliphatic carbocycles. The van der Waals surface area contributed by atoms with Gasteiger partial charge in [-0.05, 0) is 81.4 Å².